The minimum absolute atomic E-state index is 0.284. The normalized spacial score (nSPS) is 13.5. The van der Waals surface area contributed by atoms with Crippen LogP contribution in [0, 0.1) is 17.8 Å². The highest BCUT2D eigenvalue weighted by Crippen LogP contribution is 2.33. The first-order valence-electron chi connectivity index (χ1n) is 10.1. The Morgan fingerprint density at radius 2 is 1.81 bits per heavy atom. The van der Waals surface area contributed by atoms with Gasteiger partial charge in [-0.2, -0.15) is 0 Å². The Labute approximate surface area is 183 Å². The second-order valence-corrected chi connectivity index (χ2v) is 7.61. The molecule has 0 radical (unpaired) electrons. The first-order chi connectivity index (χ1) is 15.5. The minimum Gasteiger partial charge on any atom is -0.457 e. The lowest BCUT2D eigenvalue weighted by atomic mass is 9.94. The quantitative estimate of drug-likeness (QED) is 0.473. The summed E-state index contributed by atoms with van der Waals surface area (Å²) in [6, 6.07) is 16.0. The summed E-state index contributed by atoms with van der Waals surface area (Å²) in [5.74, 6) is 3.40. The lowest BCUT2D eigenvalue weighted by Crippen LogP contribution is -2.41. The maximum atomic E-state index is 13.1. The van der Waals surface area contributed by atoms with Crippen molar-refractivity contribution in [3.63, 3.8) is 0 Å². The smallest absolute Gasteiger partial charge is 0.269 e. The van der Waals surface area contributed by atoms with Crippen LogP contribution >= 0.6 is 0 Å². The zero-order valence-electron chi connectivity index (χ0n) is 17.3. The van der Waals surface area contributed by atoms with E-state index in [-0.39, 0.29) is 11.7 Å². The molecular formula is C24H20FN5O2. The average molecular weight is 429 g/mol. The summed E-state index contributed by atoms with van der Waals surface area (Å²) in [5, 5.41) is 3.12. The number of ether oxygens (including phenoxy) is 1. The van der Waals surface area contributed by atoms with Gasteiger partial charge in [-0.05, 0) is 55.5 Å². The summed E-state index contributed by atoms with van der Waals surface area (Å²) >= 11 is 0. The van der Waals surface area contributed by atoms with Crippen LogP contribution in [0.25, 0.3) is 16.9 Å². The number of rotatable bonds is 5. The number of fused-ring (bicyclic) bond motifs is 1. The molecule has 0 unspecified atom stereocenters. The molecule has 8 heteroatoms. The van der Waals surface area contributed by atoms with Gasteiger partial charge >= 0.3 is 0 Å². The molecule has 5 rings (SSSR count). The highest BCUT2D eigenvalue weighted by molar-refractivity contribution is 5.98. The molecule has 7 nitrogen and oxygen atoms in total. The highest BCUT2D eigenvalue weighted by atomic mass is 19.1. The molecule has 0 atom stereocenters. The molecule has 4 aromatic rings. The van der Waals surface area contributed by atoms with Gasteiger partial charge in [0.25, 0.3) is 5.91 Å². The van der Waals surface area contributed by atoms with Gasteiger partial charge in [-0.15, -0.1) is 0 Å². The van der Waals surface area contributed by atoms with Crippen molar-refractivity contribution in [3.05, 3.63) is 71.8 Å². The second-order valence-electron chi connectivity index (χ2n) is 7.61. The fourth-order valence-corrected chi connectivity index (χ4v) is 3.91. The number of aromatic nitrogens is 3. The Bertz CT molecular complexity index is 1350. The van der Waals surface area contributed by atoms with Gasteiger partial charge in [0.2, 0.25) is 0 Å². The molecule has 0 bridgehead atoms. The first-order valence-corrected chi connectivity index (χ1v) is 10.1. The summed E-state index contributed by atoms with van der Waals surface area (Å²) in [6.45, 7) is 3.45. The Morgan fingerprint density at radius 1 is 1.16 bits per heavy atom. The van der Waals surface area contributed by atoms with E-state index in [9.17, 15) is 9.18 Å². The molecule has 1 aliphatic rings. The second kappa shape index (κ2) is 7.78. The minimum atomic E-state index is -0.570. The number of nitrogens with zero attached hydrogens (tertiary/aromatic N) is 3. The monoisotopic (exact) mass is 429 g/mol. The van der Waals surface area contributed by atoms with Gasteiger partial charge in [0.15, 0.2) is 11.3 Å². The van der Waals surface area contributed by atoms with Crippen LogP contribution < -0.4 is 10.5 Å². The number of hydrogen-bond acceptors (Lipinski definition) is 4. The molecule has 0 spiro atoms. The molecule has 0 aliphatic carbocycles. The van der Waals surface area contributed by atoms with Crippen molar-refractivity contribution in [1.29, 1.82) is 0 Å². The number of amides is 1. The fourth-order valence-electron chi connectivity index (χ4n) is 3.91. The zero-order valence-corrected chi connectivity index (χ0v) is 17.3. The maximum Gasteiger partial charge on any atom is 0.269 e. The van der Waals surface area contributed by atoms with E-state index >= 15 is 0 Å². The fraction of sp³-hybridized carbons (Fsp3) is 0.167. The van der Waals surface area contributed by atoms with Crippen LogP contribution in [0.3, 0.4) is 0 Å². The molecule has 160 valence electrons. The highest BCUT2D eigenvalue weighted by Gasteiger charge is 2.31. The first kappa shape index (κ1) is 19.7. The molecule has 2 aromatic heterocycles. The molecule has 1 aliphatic heterocycles. The number of halogens is 1. The van der Waals surface area contributed by atoms with Crippen LogP contribution in [-0.2, 0) is 0 Å². The predicted molar refractivity (Wildman–Crippen MR) is 118 cm³/mol. The Kier molecular flexibility index (Phi) is 4.79. The summed E-state index contributed by atoms with van der Waals surface area (Å²) in [6.07, 6.45) is 1.87. The molecule has 0 saturated carbocycles. The third kappa shape index (κ3) is 3.44. The summed E-state index contributed by atoms with van der Waals surface area (Å²) in [7, 11) is 0. The lowest BCUT2D eigenvalue weighted by Gasteiger charge is -2.35. The van der Waals surface area contributed by atoms with E-state index in [4.69, 9.17) is 15.5 Å². The van der Waals surface area contributed by atoms with Gasteiger partial charge in [-0.1, -0.05) is 5.92 Å². The summed E-state index contributed by atoms with van der Waals surface area (Å²) < 4.78 is 20.5. The number of carbonyl (C=O) groups is 1. The molecule has 2 aromatic carbocycles. The van der Waals surface area contributed by atoms with Gasteiger partial charge in [0.05, 0.1) is 0 Å². The van der Waals surface area contributed by atoms with E-state index < -0.39 is 5.91 Å². The van der Waals surface area contributed by atoms with Crippen molar-refractivity contribution in [2.24, 2.45) is 5.73 Å². The van der Waals surface area contributed by atoms with Gasteiger partial charge in [-0.25, -0.2) is 13.9 Å². The number of nitrogens with two attached hydrogens (primary N) is 1. The number of imidazole rings is 1. The SMILES string of the molecule is CC#CN1CC(c2c[nH]n3c(C(N)=O)c(-c4ccc(Oc5ccc(F)cc5)cc4)nc23)C1. The molecule has 3 heterocycles. The summed E-state index contributed by atoms with van der Waals surface area (Å²) in [5.41, 5.74) is 8.95. The number of likely N-dealkylation sites (tertiary alicyclic amines) is 1. The van der Waals surface area contributed by atoms with Gasteiger partial charge in [-0.3, -0.25) is 9.89 Å². The molecule has 32 heavy (non-hydrogen) atoms. The Balaban J connectivity index is 1.45. The van der Waals surface area contributed by atoms with Gasteiger partial charge < -0.3 is 15.4 Å². The van der Waals surface area contributed by atoms with E-state index in [0.717, 1.165) is 24.2 Å². The standard InChI is InChI=1S/C24H20FN5O2/c1-2-11-29-13-16(14-29)20-12-27-30-22(23(26)31)21(28-24(20)30)15-3-7-18(8-4-15)32-19-9-5-17(25)6-10-19/h3-10,12,16,27H,13-14H2,1H3,(H2,26,31). The predicted octanol–water partition coefficient (Wildman–Crippen LogP) is 3.74. The van der Waals surface area contributed by atoms with E-state index in [2.05, 4.69) is 17.1 Å². The number of H-pyrrole nitrogens is 1. The average Bonchev–Trinajstić information content (AvgIpc) is 3.32. The molecular weight excluding hydrogens is 409 g/mol. The summed E-state index contributed by atoms with van der Waals surface area (Å²) in [4.78, 5) is 19.1. The van der Waals surface area contributed by atoms with Crippen molar-refractivity contribution >= 4 is 11.6 Å². The van der Waals surface area contributed by atoms with E-state index in [1.54, 1.807) is 28.8 Å². The largest absolute Gasteiger partial charge is 0.457 e. The maximum absolute atomic E-state index is 13.1. The van der Waals surface area contributed by atoms with Crippen LogP contribution in [-0.4, -0.2) is 38.5 Å². The third-order valence-corrected chi connectivity index (χ3v) is 5.49. The molecule has 1 saturated heterocycles. The number of nitrogens with one attached hydrogen (secondary N) is 1. The van der Waals surface area contributed by atoms with Gasteiger partial charge in [0, 0.05) is 42.4 Å². The number of hydrogen-bond donors (Lipinski definition) is 2. The Morgan fingerprint density at radius 3 is 2.44 bits per heavy atom. The number of carbonyl (C=O) groups excluding carboxylic acids is 1. The Hall–Kier alpha value is -4.25. The lowest BCUT2D eigenvalue weighted by molar-refractivity contribution is 0.0994. The number of aromatic amines is 1. The van der Waals surface area contributed by atoms with E-state index in [1.165, 1.54) is 12.1 Å². The molecule has 1 fully saturated rings. The van der Waals surface area contributed by atoms with Crippen LogP contribution in [0.1, 0.15) is 28.9 Å². The van der Waals surface area contributed by atoms with Crippen molar-refractivity contribution in [2.75, 3.05) is 13.1 Å². The van der Waals surface area contributed by atoms with Crippen LogP contribution in [0.2, 0.25) is 0 Å². The van der Waals surface area contributed by atoms with Crippen LogP contribution in [0.15, 0.2) is 54.7 Å². The molecule has 1 amide bonds. The molecule has 3 N–H and O–H groups in total. The van der Waals surface area contributed by atoms with Crippen molar-refractivity contribution in [2.45, 2.75) is 12.8 Å². The van der Waals surface area contributed by atoms with Crippen LogP contribution in [0.5, 0.6) is 11.5 Å². The zero-order chi connectivity index (χ0) is 22.2. The number of primary amides is 1. The van der Waals surface area contributed by atoms with Crippen molar-refractivity contribution < 1.29 is 13.9 Å². The van der Waals surface area contributed by atoms with E-state index in [1.807, 2.05) is 30.2 Å². The van der Waals surface area contributed by atoms with Crippen LogP contribution in [0.4, 0.5) is 4.39 Å². The third-order valence-electron chi connectivity index (χ3n) is 5.49. The van der Waals surface area contributed by atoms with Crippen molar-refractivity contribution in [1.82, 2.24) is 19.5 Å². The van der Waals surface area contributed by atoms with E-state index in [0.29, 0.717) is 28.5 Å². The topological polar surface area (TPSA) is 88.7 Å². The van der Waals surface area contributed by atoms with Gasteiger partial charge in [0.1, 0.15) is 23.0 Å². The van der Waals surface area contributed by atoms with Crippen molar-refractivity contribution in [3.8, 4) is 34.7 Å². The number of benzene rings is 2.